The van der Waals surface area contributed by atoms with Crippen LogP contribution < -0.4 is 10.6 Å². The van der Waals surface area contributed by atoms with E-state index in [1.54, 1.807) is 0 Å². The minimum atomic E-state index is 0.754. The van der Waals surface area contributed by atoms with Crippen LogP contribution in [0.2, 0.25) is 0 Å². The Morgan fingerprint density at radius 3 is 3.23 bits per heavy atom. The highest BCUT2D eigenvalue weighted by molar-refractivity contribution is 7.09. The number of hydrogen-bond donors (Lipinski definition) is 2. The first kappa shape index (κ1) is 8.90. The van der Waals surface area contributed by atoms with Crippen molar-refractivity contribution in [1.29, 1.82) is 0 Å². The molecule has 72 valence electrons. The highest BCUT2D eigenvalue weighted by Crippen LogP contribution is 2.13. The molecule has 1 atom stereocenters. The van der Waals surface area contributed by atoms with Crippen LogP contribution in [-0.2, 0) is 0 Å². The molecule has 5 heteroatoms. The first-order chi connectivity index (χ1) is 6.34. The van der Waals surface area contributed by atoms with Gasteiger partial charge in [-0.2, -0.15) is 4.37 Å². The highest BCUT2D eigenvalue weighted by Gasteiger charge is 2.14. The zero-order chi connectivity index (χ0) is 9.10. The topological polar surface area (TPSA) is 49.8 Å². The molecule has 0 radical (unpaired) electrons. The summed E-state index contributed by atoms with van der Waals surface area (Å²) in [7, 11) is 0. The number of nitrogens with one attached hydrogen (secondary N) is 2. The molecule has 1 aromatic rings. The van der Waals surface area contributed by atoms with Gasteiger partial charge in [-0.05, 0) is 32.4 Å². The zero-order valence-electron chi connectivity index (χ0n) is 7.71. The Kier molecular flexibility index (Phi) is 2.75. The third-order valence-electron chi connectivity index (χ3n) is 2.23. The molecule has 0 aromatic carbocycles. The molecule has 0 bridgehead atoms. The van der Waals surface area contributed by atoms with E-state index in [1.165, 1.54) is 18.0 Å². The van der Waals surface area contributed by atoms with Crippen molar-refractivity contribution < 1.29 is 0 Å². The molecule has 0 spiro atoms. The molecule has 2 N–H and O–H groups in total. The second-order valence-electron chi connectivity index (χ2n) is 3.39. The molecule has 2 rings (SSSR count). The van der Waals surface area contributed by atoms with Gasteiger partial charge in [-0.3, -0.25) is 0 Å². The molecule has 0 amide bonds. The lowest BCUT2D eigenvalue weighted by molar-refractivity contribution is 0.615. The molecule has 1 unspecified atom stereocenters. The van der Waals surface area contributed by atoms with E-state index < -0.39 is 0 Å². The molecule has 1 saturated heterocycles. The third-order valence-corrected chi connectivity index (χ3v) is 3.00. The summed E-state index contributed by atoms with van der Waals surface area (Å²) in [5.41, 5.74) is 0. The van der Waals surface area contributed by atoms with Crippen LogP contribution in [0.4, 0.5) is 5.13 Å². The van der Waals surface area contributed by atoms with E-state index in [4.69, 9.17) is 0 Å². The molecular weight excluding hydrogens is 184 g/mol. The van der Waals surface area contributed by atoms with Crippen molar-refractivity contribution in [3.8, 4) is 0 Å². The maximum Gasteiger partial charge on any atom is 0.202 e. The summed E-state index contributed by atoms with van der Waals surface area (Å²) in [6.07, 6.45) is 1.27. The van der Waals surface area contributed by atoms with Crippen LogP contribution in [-0.4, -0.2) is 29.0 Å². The van der Waals surface area contributed by atoms with E-state index in [0.717, 1.165) is 36.5 Å². The van der Waals surface area contributed by atoms with Crippen molar-refractivity contribution in [2.45, 2.75) is 13.3 Å². The van der Waals surface area contributed by atoms with E-state index in [0.29, 0.717) is 0 Å². The van der Waals surface area contributed by atoms with E-state index in [9.17, 15) is 0 Å². The number of rotatable bonds is 3. The molecule has 0 aliphatic carbocycles. The van der Waals surface area contributed by atoms with Gasteiger partial charge < -0.3 is 10.6 Å². The second-order valence-corrected chi connectivity index (χ2v) is 4.14. The lowest BCUT2D eigenvalue weighted by Crippen LogP contribution is -2.17. The fourth-order valence-corrected chi connectivity index (χ4v) is 2.07. The summed E-state index contributed by atoms with van der Waals surface area (Å²) >= 11 is 1.44. The number of hydrogen-bond acceptors (Lipinski definition) is 5. The van der Waals surface area contributed by atoms with Crippen LogP contribution in [0.3, 0.4) is 0 Å². The summed E-state index contributed by atoms with van der Waals surface area (Å²) in [5.74, 6) is 1.61. The Bertz CT molecular complexity index is 267. The van der Waals surface area contributed by atoms with Crippen LogP contribution in [0.25, 0.3) is 0 Å². The predicted octanol–water partition coefficient (Wildman–Crippen LogP) is 0.868. The first-order valence-electron chi connectivity index (χ1n) is 4.59. The summed E-state index contributed by atoms with van der Waals surface area (Å²) in [6.45, 7) is 5.21. The Morgan fingerprint density at radius 1 is 1.69 bits per heavy atom. The maximum atomic E-state index is 4.25. The van der Waals surface area contributed by atoms with Crippen LogP contribution in [0.15, 0.2) is 0 Å². The largest absolute Gasteiger partial charge is 0.360 e. The maximum absolute atomic E-state index is 4.25. The first-order valence-corrected chi connectivity index (χ1v) is 5.37. The lowest BCUT2D eigenvalue weighted by atomic mass is 10.1. The van der Waals surface area contributed by atoms with E-state index in [1.807, 2.05) is 6.92 Å². The molecule has 4 nitrogen and oxygen atoms in total. The van der Waals surface area contributed by atoms with E-state index >= 15 is 0 Å². The van der Waals surface area contributed by atoms with E-state index in [-0.39, 0.29) is 0 Å². The predicted molar refractivity (Wildman–Crippen MR) is 54.1 cm³/mol. The fourth-order valence-electron chi connectivity index (χ4n) is 1.49. The molecule has 1 aliphatic rings. The minimum Gasteiger partial charge on any atom is -0.360 e. The Hall–Kier alpha value is -0.680. The van der Waals surface area contributed by atoms with Crippen molar-refractivity contribution in [2.75, 3.05) is 25.0 Å². The zero-order valence-corrected chi connectivity index (χ0v) is 8.52. The molecular formula is C8H14N4S. The molecule has 13 heavy (non-hydrogen) atoms. The fraction of sp³-hybridized carbons (Fsp3) is 0.750. The van der Waals surface area contributed by atoms with Gasteiger partial charge in [0.05, 0.1) is 0 Å². The Morgan fingerprint density at radius 2 is 2.62 bits per heavy atom. The van der Waals surface area contributed by atoms with Crippen molar-refractivity contribution in [2.24, 2.45) is 5.92 Å². The van der Waals surface area contributed by atoms with E-state index in [2.05, 4.69) is 20.0 Å². The van der Waals surface area contributed by atoms with Gasteiger partial charge in [0.2, 0.25) is 5.13 Å². The average molecular weight is 198 g/mol. The van der Waals surface area contributed by atoms with Gasteiger partial charge in [-0.15, -0.1) is 0 Å². The second kappa shape index (κ2) is 4.02. The molecule has 2 heterocycles. The van der Waals surface area contributed by atoms with Gasteiger partial charge in [0.25, 0.3) is 0 Å². The summed E-state index contributed by atoms with van der Waals surface area (Å²) in [5, 5.41) is 7.60. The van der Waals surface area contributed by atoms with Crippen LogP contribution in [0, 0.1) is 12.8 Å². The van der Waals surface area contributed by atoms with Gasteiger partial charge in [-0.25, -0.2) is 4.98 Å². The van der Waals surface area contributed by atoms with Gasteiger partial charge >= 0.3 is 0 Å². The van der Waals surface area contributed by atoms with Crippen molar-refractivity contribution in [1.82, 2.24) is 14.7 Å². The Labute approximate surface area is 81.9 Å². The molecule has 1 aliphatic heterocycles. The van der Waals surface area contributed by atoms with Gasteiger partial charge in [0.1, 0.15) is 5.82 Å². The standard InChI is InChI=1S/C8H14N4S/c1-6-11-8(13-12-6)10-5-7-2-3-9-4-7/h7,9H,2-5H2,1H3,(H,10,11,12). The summed E-state index contributed by atoms with van der Waals surface area (Å²) < 4.78 is 4.11. The number of nitrogens with zero attached hydrogens (tertiary/aromatic N) is 2. The smallest absolute Gasteiger partial charge is 0.202 e. The average Bonchev–Trinajstić information content (AvgIpc) is 2.71. The third kappa shape index (κ3) is 2.38. The van der Waals surface area contributed by atoms with Crippen molar-refractivity contribution in [3.63, 3.8) is 0 Å². The van der Waals surface area contributed by atoms with Crippen LogP contribution in [0.1, 0.15) is 12.2 Å². The van der Waals surface area contributed by atoms with Gasteiger partial charge in [0.15, 0.2) is 0 Å². The van der Waals surface area contributed by atoms with Crippen LogP contribution >= 0.6 is 11.5 Å². The monoisotopic (exact) mass is 198 g/mol. The Balaban J connectivity index is 1.78. The lowest BCUT2D eigenvalue weighted by Gasteiger charge is -2.07. The SMILES string of the molecule is Cc1nsc(NCC2CCNC2)n1. The van der Waals surface area contributed by atoms with Crippen molar-refractivity contribution >= 4 is 16.7 Å². The molecule has 1 aromatic heterocycles. The van der Waals surface area contributed by atoms with Crippen molar-refractivity contribution in [3.05, 3.63) is 5.82 Å². The highest BCUT2D eigenvalue weighted by atomic mass is 32.1. The van der Waals surface area contributed by atoms with Gasteiger partial charge in [0, 0.05) is 18.1 Å². The summed E-state index contributed by atoms with van der Waals surface area (Å²) in [4.78, 5) is 4.25. The molecule has 1 fully saturated rings. The normalized spacial score (nSPS) is 22.1. The quantitative estimate of drug-likeness (QED) is 0.756. The van der Waals surface area contributed by atoms with Crippen LogP contribution in [0.5, 0.6) is 0 Å². The molecule has 0 saturated carbocycles. The minimum absolute atomic E-state index is 0.754. The van der Waals surface area contributed by atoms with Gasteiger partial charge in [-0.1, -0.05) is 0 Å². The summed E-state index contributed by atoms with van der Waals surface area (Å²) in [6, 6.07) is 0. The number of aryl methyl sites for hydroxylation is 1. The number of aromatic nitrogens is 2. The number of anilines is 1.